The zero-order valence-electron chi connectivity index (χ0n) is 14.9. The van der Waals surface area contributed by atoms with Crippen molar-refractivity contribution in [3.63, 3.8) is 0 Å². The molecule has 0 N–H and O–H groups in total. The lowest BCUT2D eigenvalue weighted by Gasteiger charge is -2.14. The molecule has 2 aromatic rings. The van der Waals surface area contributed by atoms with Crippen molar-refractivity contribution >= 4 is 40.3 Å². The largest absolute Gasteiger partial charge is 0.435 e. The zero-order chi connectivity index (χ0) is 20.3. The van der Waals surface area contributed by atoms with E-state index in [-0.39, 0.29) is 23.3 Å². The van der Waals surface area contributed by atoms with Crippen molar-refractivity contribution in [1.29, 1.82) is 0 Å². The molecule has 0 saturated heterocycles. The van der Waals surface area contributed by atoms with Gasteiger partial charge in [0.15, 0.2) is 10.8 Å². The lowest BCUT2D eigenvalue weighted by Crippen LogP contribution is -2.27. The monoisotopic (exact) mass is 407 g/mol. The molecule has 1 aliphatic rings. The van der Waals surface area contributed by atoms with Crippen LogP contribution in [0.1, 0.15) is 25.1 Å². The van der Waals surface area contributed by atoms with Crippen LogP contribution in [0.4, 0.5) is 13.9 Å². The molecule has 7 nitrogen and oxygen atoms in total. The van der Waals surface area contributed by atoms with Crippen LogP contribution < -0.4 is 9.64 Å². The number of alkyl halides is 2. The maximum atomic E-state index is 12.2. The van der Waals surface area contributed by atoms with Crippen molar-refractivity contribution in [2.45, 2.75) is 20.5 Å². The van der Waals surface area contributed by atoms with Crippen LogP contribution in [0.15, 0.2) is 40.3 Å². The van der Waals surface area contributed by atoms with Crippen molar-refractivity contribution in [2.75, 3.05) is 11.4 Å². The van der Waals surface area contributed by atoms with Crippen LogP contribution in [0.3, 0.4) is 0 Å². The minimum absolute atomic E-state index is 0.0135. The highest BCUT2D eigenvalue weighted by Crippen LogP contribution is 2.25. The van der Waals surface area contributed by atoms with E-state index in [4.69, 9.17) is 4.74 Å². The van der Waals surface area contributed by atoms with E-state index in [1.165, 1.54) is 53.5 Å². The van der Waals surface area contributed by atoms with Crippen molar-refractivity contribution in [3.8, 4) is 5.75 Å². The molecule has 1 aromatic carbocycles. The summed E-state index contributed by atoms with van der Waals surface area (Å²) in [5.74, 6) is -0.748. The normalized spacial score (nSPS) is 15.0. The minimum Gasteiger partial charge on any atom is -0.435 e. The quantitative estimate of drug-likeness (QED) is 0.541. The number of aromatic nitrogens is 1. The first kappa shape index (κ1) is 19.6. The molecule has 0 bridgehead atoms. The summed E-state index contributed by atoms with van der Waals surface area (Å²) in [5.41, 5.74) is 0.953. The first-order valence-electron chi connectivity index (χ1n) is 8.18. The van der Waals surface area contributed by atoms with Crippen LogP contribution in [0.2, 0.25) is 0 Å². The van der Waals surface area contributed by atoms with Crippen LogP contribution in [0, 0.1) is 0 Å². The number of carbonyl (C=O) groups excluding carboxylic acids is 2. The van der Waals surface area contributed by atoms with Gasteiger partial charge in [-0.25, -0.2) is 14.8 Å². The second-order valence-corrected chi connectivity index (χ2v) is 6.39. The van der Waals surface area contributed by atoms with E-state index in [9.17, 15) is 18.4 Å². The van der Waals surface area contributed by atoms with Gasteiger partial charge in [-0.05, 0) is 37.3 Å². The van der Waals surface area contributed by atoms with E-state index < -0.39 is 12.6 Å². The van der Waals surface area contributed by atoms with Gasteiger partial charge in [-0.15, -0.1) is 11.3 Å². The van der Waals surface area contributed by atoms with Crippen molar-refractivity contribution in [3.05, 3.63) is 46.6 Å². The summed E-state index contributed by atoms with van der Waals surface area (Å²) in [4.78, 5) is 33.6. The van der Waals surface area contributed by atoms with Gasteiger partial charge in [0.2, 0.25) is 11.8 Å². The first-order chi connectivity index (χ1) is 13.4. The Morgan fingerprint density at radius 2 is 2.07 bits per heavy atom. The Labute approximate surface area is 162 Å². The van der Waals surface area contributed by atoms with Crippen LogP contribution in [0.5, 0.6) is 5.75 Å². The number of hydrogen-bond donors (Lipinski definition) is 0. The molecule has 0 saturated carbocycles. The van der Waals surface area contributed by atoms with Gasteiger partial charge in [-0.2, -0.15) is 8.78 Å². The van der Waals surface area contributed by atoms with Gasteiger partial charge in [0, 0.05) is 24.4 Å². The Balaban J connectivity index is 1.80. The molecular formula is C18H15F2N3O4S. The summed E-state index contributed by atoms with van der Waals surface area (Å²) in [6.07, 6.45) is 1.46. The predicted molar refractivity (Wildman–Crippen MR) is 99.5 cm³/mol. The summed E-state index contributed by atoms with van der Waals surface area (Å²) in [6.45, 7) is 0.848. The number of esters is 1. The highest BCUT2D eigenvalue weighted by molar-refractivity contribution is 7.14. The first-order valence-corrected chi connectivity index (χ1v) is 9.06. The standard InChI is InChI=1S/C18H15F2N3O4S/c1-3-23(10(2)24)18-21-12(9-28-18)8-14-16(25)27-15(22-14)11-4-6-13(7-5-11)26-17(19)20/h4-9,17H,3H2,1-2H3/b14-8-. The Morgan fingerprint density at radius 3 is 2.68 bits per heavy atom. The molecule has 28 heavy (non-hydrogen) atoms. The summed E-state index contributed by atoms with van der Waals surface area (Å²) >= 11 is 1.27. The number of thiazole rings is 1. The number of cyclic esters (lactones) is 1. The smallest absolute Gasteiger partial charge is 0.387 e. The fourth-order valence-electron chi connectivity index (χ4n) is 2.41. The maximum absolute atomic E-state index is 12.2. The van der Waals surface area contributed by atoms with Gasteiger partial charge in [0.1, 0.15) is 5.75 Å². The Bertz CT molecular complexity index is 954. The molecule has 146 valence electrons. The van der Waals surface area contributed by atoms with Crippen LogP contribution >= 0.6 is 11.3 Å². The van der Waals surface area contributed by atoms with Crippen LogP contribution in [0.25, 0.3) is 6.08 Å². The Hall–Kier alpha value is -3.14. The molecule has 1 amide bonds. The van der Waals surface area contributed by atoms with Gasteiger partial charge in [-0.1, -0.05) is 0 Å². The number of benzene rings is 1. The number of ether oxygens (including phenoxy) is 2. The second-order valence-electron chi connectivity index (χ2n) is 5.56. The fraction of sp³-hybridized carbons (Fsp3) is 0.222. The average Bonchev–Trinajstić information content (AvgIpc) is 3.23. The van der Waals surface area contributed by atoms with E-state index in [1.54, 1.807) is 5.38 Å². The summed E-state index contributed by atoms with van der Waals surface area (Å²) in [5, 5.41) is 2.22. The molecule has 0 fully saturated rings. The number of aliphatic imine (C=N–C) groups is 1. The molecular weight excluding hydrogens is 392 g/mol. The molecule has 3 rings (SSSR count). The van der Waals surface area contributed by atoms with E-state index in [2.05, 4.69) is 14.7 Å². The summed E-state index contributed by atoms with van der Waals surface area (Å²) < 4.78 is 33.8. The summed E-state index contributed by atoms with van der Waals surface area (Å²) in [7, 11) is 0. The number of carbonyl (C=O) groups is 2. The van der Waals surface area contributed by atoms with Crippen LogP contribution in [-0.2, 0) is 14.3 Å². The lowest BCUT2D eigenvalue weighted by molar-refractivity contribution is -0.130. The van der Waals surface area contributed by atoms with E-state index >= 15 is 0 Å². The van der Waals surface area contributed by atoms with Crippen LogP contribution in [-0.4, -0.2) is 35.9 Å². The molecule has 0 radical (unpaired) electrons. The van der Waals surface area contributed by atoms with Gasteiger partial charge < -0.3 is 9.47 Å². The number of anilines is 1. The van der Waals surface area contributed by atoms with E-state index in [0.29, 0.717) is 22.9 Å². The number of halogens is 2. The SMILES string of the molecule is CCN(C(C)=O)c1nc(/C=C2\N=C(c3ccc(OC(F)F)cc3)OC2=O)cs1. The third-order valence-electron chi connectivity index (χ3n) is 3.67. The molecule has 2 heterocycles. The maximum Gasteiger partial charge on any atom is 0.387 e. The zero-order valence-corrected chi connectivity index (χ0v) is 15.7. The molecule has 10 heteroatoms. The third-order valence-corrected chi connectivity index (χ3v) is 4.55. The van der Waals surface area contributed by atoms with Crippen molar-refractivity contribution in [1.82, 2.24) is 4.98 Å². The predicted octanol–water partition coefficient (Wildman–Crippen LogP) is 3.46. The minimum atomic E-state index is -2.92. The molecule has 0 aliphatic carbocycles. The van der Waals surface area contributed by atoms with E-state index in [1.807, 2.05) is 6.92 Å². The Kier molecular flexibility index (Phi) is 5.78. The molecule has 0 atom stereocenters. The average molecular weight is 407 g/mol. The third kappa shape index (κ3) is 4.39. The van der Waals surface area contributed by atoms with Gasteiger partial charge in [0.25, 0.3) is 0 Å². The molecule has 0 spiro atoms. The lowest BCUT2D eigenvalue weighted by atomic mass is 10.2. The topological polar surface area (TPSA) is 81.1 Å². The highest BCUT2D eigenvalue weighted by Gasteiger charge is 2.25. The number of nitrogens with zero attached hydrogens (tertiary/aromatic N) is 3. The second kappa shape index (κ2) is 8.26. The highest BCUT2D eigenvalue weighted by atomic mass is 32.1. The van der Waals surface area contributed by atoms with Crippen molar-refractivity contribution in [2.24, 2.45) is 4.99 Å². The van der Waals surface area contributed by atoms with Gasteiger partial charge in [-0.3, -0.25) is 9.69 Å². The molecule has 1 aromatic heterocycles. The number of hydrogen-bond acceptors (Lipinski definition) is 7. The Morgan fingerprint density at radius 1 is 1.36 bits per heavy atom. The molecule has 1 aliphatic heterocycles. The van der Waals surface area contributed by atoms with Gasteiger partial charge >= 0.3 is 12.6 Å². The van der Waals surface area contributed by atoms with E-state index in [0.717, 1.165) is 0 Å². The molecule has 0 unspecified atom stereocenters. The fourth-order valence-corrected chi connectivity index (χ4v) is 3.30. The van der Waals surface area contributed by atoms with Gasteiger partial charge in [0.05, 0.1) is 5.69 Å². The summed E-state index contributed by atoms with van der Waals surface area (Å²) in [6, 6.07) is 5.57. The van der Waals surface area contributed by atoms with Crippen molar-refractivity contribution < 1.29 is 27.8 Å². The number of amides is 1. The number of rotatable bonds is 6.